The van der Waals surface area contributed by atoms with Crippen LogP contribution in [-0.4, -0.2) is 62.2 Å². The summed E-state index contributed by atoms with van der Waals surface area (Å²) in [5.41, 5.74) is 0. The summed E-state index contributed by atoms with van der Waals surface area (Å²) in [7, 11) is 0. The summed E-state index contributed by atoms with van der Waals surface area (Å²) in [4.78, 5) is 18.6. The number of carbonyl (C=O) groups excluding carboxylic acids is 1. The van der Waals surface area contributed by atoms with Crippen LogP contribution in [0.1, 0.15) is 58.3 Å². The normalized spacial score (nSPS) is 22.5. The number of rotatable bonds is 8. The van der Waals surface area contributed by atoms with Crippen LogP contribution < -0.4 is 10.6 Å². The first-order valence-corrected chi connectivity index (χ1v) is 9.71. The number of guanidine groups is 1. The highest BCUT2D eigenvalue weighted by atomic mass is 16.5. The molecule has 6 nitrogen and oxygen atoms in total. The van der Waals surface area contributed by atoms with E-state index in [-0.39, 0.29) is 0 Å². The summed E-state index contributed by atoms with van der Waals surface area (Å²) < 4.78 is 5.64. The Balaban J connectivity index is 1.64. The molecule has 0 spiro atoms. The van der Waals surface area contributed by atoms with Crippen molar-refractivity contribution in [1.82, 2.24) is 15.5 Å². The van der Waals surface area contributed by atoms with E-state index in [4.69, 9.17) is 4.74 Å². The van der Waals surface area contributed by atoms with Gasteiger partial charge in [0.05, 0.1) is 6.10 Å². The lowest BCUT2D eigenvalue weighted by molar-refractivity contribution is -0.130. The van der Waals surface area contributed by atoms with Crippen LogP contribution in [0.25, 0.3) is 0 Å². The number of likely N-dealkylation sites (tertiary alicyclic amines) is 1. The van der Waals surface area contributed by atoms with Gasteiger partial charge in [0.15, 0.2) is 5.96 Å². The first-order valence-electron chi connectivity index (χ1n) is 9.71. The molecule has 2 aliphatic heterocycles. The summed E-state index contributed by atoms with van der Waals surface area (Å²) in [5.74, 6) is 1.19. The molecule has 1 unspecified atom stereocenters. The van der Waals surface area contributed by atoms with Crippen molar-refractivity contribution in [3.05, 3.63) is 0 Å². The van der Waals surface area contributed by atoms with E-state index in [0.717, 1.165) is 77.4 Å². The Bertz CT molecular complexity index is 394. The SMILES string of the molecule is CCNC(=NCCCN1CCCCCC1=O)NCCC1CCCO1. The molecule has 0 bridgehead atoms. The number of nitrogens with zero attached hydrogens (tertiary/aromatic N) is 2. The third kappa shape index (κ3) is 7.07. The van der Waals surface area contributed by atoms with Crippen LogP contribution in [0.3, 0.4) is 0 Å². The lowest BCUT2D eigenvalue weighted by Gasteiger charge is -2.20. The van der Waals surface area contributed by atoms with E-state index in [2.05, 4.69) is 22.5 Å². The van der Waals surface area contributed by atoms with Crippen molar-refractivity contribution in [2.24, 2.45) is 4.99 Å². The minimum Gasteiger partial charge on any atom is -0.378 e. The Morgan fingerprint density at radius 3 is 3.00 bits per heavy atom. The Labute approximate surface area is 146 Å². The first-order chi connectivity index (χ1) is 11.8. The second-order valence-corrected chi connectivity index (χ2v) is 6.66. The minimum absolute atomic E-state index is 0.318. The molecule has 0 saturated carbocycles. The molecule has 24 heavy (non-hydrogen) atoms. The second kappa shape index (κ2) is 11.3. The van der Waals surface area contributed by atoms with Gasteiger partial charge in [-0.3, -0.25) is 9.79 Å². The zero-order valence-electron chi connectivity index (χ0n) is 15.2. The van der Waals surface area contributed by atoms with Gasteiger partial charge < -0.3 is 20.3 Å². The molecule has 1 amide bonds. The maximum atomic E-state index is 12.0. The molecule has 2 heterocycles. The number of nitrogens with one attached hydrogen (secondary N) is 2. The van der Waals surface area contributed by atoms with E-state index in [1.165, 1.54) is 19.3 Å². The van der Waals surface area contributed by atoms with Gasteiger partial charge in [0.2, 0.25) is 5.91 Å². The molecule has 2 aliphatic rings. The summed E-state index contributed by atoms with van der Waals surface area (Å²) in [6.07, 6.45) is 8.83. The Kier molecular flexibility index (Phi) is 8.95. The molecule has 0 aliphatic carbocycles. The molecular formula is C18H34N4O2. The van der Waals surface area contributed by atoms with Crippen LogP contribution in [0.2, 0.25) is 0 Å². The zero-order chi connectivity index (χ0) is 17.0. The molecule has 2 N–H and O–H groups in total. The summed E-state index contributed by atoms with van der Waals surface area (Å²) in [5, 5.41) is 6.67. The smallest absolute Gasteiger partial charge is 0.222 e. The van der Waals surface area contributed by atoms with Crippen molar-refractivity contribution < 1.29 is 9.53 Å². The number of hydrogen-bond donors (Lipinski definition) is 2. The van der Waals surface area contributed by atoms with Crippen molar-refractivity contribution in [2.45, 2.75) is 64.4 Å². The molecule has 2 rings (SSSR count). The lowest BCUT2D eigenvalue weighted by atomic mass is 10.2. The Morgan fingerprint density at radius 2 is 2.21 bits per heavy atom. The average molecular weight is 338 g/mol. The molecule has 6 heteroatoms. The van der Waals surface area contributed by atoms with Gasteiger partial charge in [-0.15, -0.1) is 0 Å². The third-order valence-corrected chi connectivity index (χ3v) is 4.65. The van der Waals surface area contributed by atoms with Gasteiger partial charge in [0.25, 0.3) is 0 Å². The van der Waals surface area contributed by atoms with Gasteiger partial charge in [-0.25, -0.2) is 0 Å². The van der Waals surface area contributed by atoms with Gasteiger partial charge in [-0.05, 0) is 45.4 Å². The van der Waals surface area contributed by atoms with Crippen molar-refractivity contribution in [3.63, 3.8) is 0 Å². The summed E-state index contributed by atoms with van der Waals surface area (Å²) >= 11 is 0. The maximum absolute atomic E-state index is 12.0. The molecular weight excluding hydrogens is 304 g/mol. The highest BCUT2D eigenvalue weighted by Gasteiger charge is 2.16. The topological polar surface area (TPSA) is 66.0 Å². The number of aliphatic imine (C=N–C) groups is 1. The van der Waals surface area contributed by atoms with Crippen LogP contribution in [0.4, 0.5) is 0 Å². The van der Waals surface area contributed by atoms with Gasteiger partial charge in [0, 0.05) is 45.8 Å². The van der Waals surface area contributed by atoms with Crippen molar-refractivity contribution in [1.29, 1.82) is 0 Å². The highest BCUT2D eigenvalue weighted by molar-refractivity contribution is 5.79. The van der Waals surface area contributed by atoms with E-state index in [1.54, 1.807) is 0 Å². The molecule has 0 aromatic rings. The fourth-order valence-corrected chi connectivity index (χ4v) is 3.29. The van der Waals surface area contributed by atoms with Gasteiger partial charge in [-0.1, -0.05) is 6.42 Å². The second-order valence-electron chi connectivity index (χ2n) is 6.66. The molecule has 1 atom stereocenters. The van der Waals surface area contributed by atoms with Gasteiger partial charge in [-0.2, -0.15) is 0 Å². The number of carbonyl (C=O) groups is 1. The number of amides is 1. The van der Waals surface area contributed by atoms with Crippen molar-refractivity contribution in [2.75, 3.05) is 39.3 Å². The molecule has 0 aromatic heterocycles. The Hall–Kier alpha value is -1.30. The van der Waals surface area contributed by atoms with E-state index in [9.17, 15) is 4.79 Å². The predicted molar refractivity (Wildman–Crippen MR) is 97.2 cm³/mol. The van der Waals surface area contributed by atoms with Crippen LogP contribution in [0.5, 0.6) is 0 Å². The van der Waals surface area contributed by atoms with Crippen LogP contribution in [-0.2, 0) is 9.53 Å². The first kappa shape index (κ1) is 19.0. The van der Waals surface area contributed by atoms with Crippen LogP contribution in [0.15, 0.2) is 4.99 Å². The predicted octanol–water partition coefficient (Wildman–Crippen LogP) is 1.90. The minimum atomic E-state index is 0.318. The van der Waals surface area contributed by atoms with E-state index in [0.29, 0.717) is 12.0 Å². The van der Waals surface area contributed by atoms with Gasteiger partial charge in [0.1, 0.15) is 0 Å². The standard InChI is InChI=1S/C18H34N4O2/c1-2-19-18(21-12-10-16-8-6-15-24-16)20-11-7-14-22-13-5-3-4-9-17(22)23/h16H,2-15H2,1H3,(H2,19,20,21). The maximum Gasteiger partial charge on any atom is 0.222 e. The molecule has 0 aromatic carbocycles. The highest BCUT2D eigenvalue weighted by Crippen LogP contribution is 2.14. The van der Waals surface area contributed by atoms with E-state index >= 15 is 0 Å². The largest absolute Gasteiger partial charge is 0.378 e. The average Bonchev–Trinajstić information content (AvgIpc) is 3.01. The number of ether oxygens (including phenoxy) is 1. The van der Waals surface area contributed by atoms with Crippen LogP contribution in [0, 0.1) is 0 Å². The van der Waals surface area contributed by atoms with E-state index < -0.39 is 0 Å². The quantitative estimate of drug-likeness (QED) is 0.403. The summed E-state index contributed by atoms with van der Waals surface area (Å²) in [6.45, 7) is 7.23. The van der Waals surface area contributed by atoms with Crippen molar-refractivity contribution in [3.8, 4) is 0 Å². The Morgan fingerprint density at radius 1 is 1.29 bits per heavy atom. The fourth-order valence-electron chi connectivity index (χ4n) is 3.29. The summed E-state index contributed by atoms with van der Waals surface area (Å²) in [6, 6.07) is 0. The lowest BCUT2D eigenvalue weighted by Crippen LogP contribution is -2.39. The fraction of sp³-hybridized carbons (Fsp3) is 0.889. The van der Waals surface area contributed by atoms with Crippen LogP contribution >= 0.6 is 0 Å². The third-order valence-electron chi connectivity index (χ3n) is 4.65. The van der Waals surface area contributed by atoms with Gasteiger partial charge >= 0.3 is 0 Å². The zero-order valence-corrected chi connectivity index (χ0v) is 15.2. The van der Waals surface area contributed by atoms with E-state index in [1.807, 2.05) is 4.90 Å². The number of hydrogen-bond acceptors (Lipinski definition) is 3. The molecule has 2 saturated heterocycles. The monoisotopic (exact) mass is 338 g/mol. The molecule has 0 radical (unpaired) electrons. The van der Waals surface area contributed by atoms with Crippen molar-refractivity contribution >= 4 is 11.9 Å². The molecule has 2 fully saturated rings. The molecule has 138 valence electrons.